The lowest BCUT2D eigenvalue weighted by Crippen LogP contribution is -2.54. The van der Waals surface area contributed by atoms with Crippen molar-refractivity contribution in [1.82, 2.24) is 5.32 Å². The maximum atomic E-state index is 13.5. The number of amides is 2. The minimum absolute atomic E-state index is 0.0224. The molecule has 1 aliphatic rings. The van der Waals surface area contributed by atoms with Gasteiger partial charge in [0, 0.05) is 5.02 Å². The van der Waals surface area contributed by atoms with E-state index in [9.17, 15) is 9.59 Å². The highest BCUT2D eigenvalue weighted by atomic mass is 35.5. The van der Waals surface area contributed by atoms with E-state index in [1.54, 1.807) is 18.2 Å². The fourth-order valence-electron chi connectivity index (χ4n) is 4.13. The van der Waals surface area contributed by atoms with E-state index in [0.717, 1.165) is 27.5 Å². The monoisotopic (exact) mass is 482 g/mol. The van der Waals surface area contributed by atoms with Crippen molar-refractivity contribution in [2.45, 2.75) is 6.42 Å². The van der Waals surface area contributed by atoms with Gasteiger partial charge in [0.05, 0.1) is 5.69 Å². The summed E-state index contributed by atoms with van der Waals surface area (Å²) in [5, 5.41) is 5.35. The molecule has 4 aromatic rings. The van der Waals surface area contributed by atoms with Gasteiger partial charge in [0.1, 0.15) is 5.57 Å². The molecule has 1 fully saturated rings. The number of thiocarbonyl (C=S) groups is 1. The summed E-state index contributed by atoms with van der Waals surface area (Å²) in [5.74, 6) is -0.976. The smallest absolute Gasteiger partial charge is 0.270 e. The molecule has 1 aliphatic heterocycles. The summed E-state index contributed by atoms with van der Waals surface area (Å²) in [6, 6.07) is 28.7. The standard InChI is InChI=1S/C28H19ClN2O2S/c29-25-13-7-5-9-20(25)16-19-15-14-18-8-4-6-12-22(18)23(19)17-24-26(32)30-28(34)31(27(24)33)21-10-2-1-3-11-21/h1-15,17H,16H2,(H,30,32,34)/b24-17-. The van der Waals surface area contributed by atoms with Gasteiger partial charge >= 0.3 is 0 Å². The Hall–Kier alpha value is -3.80. The maximum absolute atomic E-state index is 13.5. The molecule has 0 spiro atoms. The number of carbonyl (C=O) groups excluding carboxylic acids is 2. The Balaban J connectivity index is 1.66. The normalized spacial score (nSPS) is 15.1. The van der Waals surface area contributed by atoms with Crippen LogP contribution in [0.2, 0.25) is 5.02 Å². The molecule has 0 bridgehead atoms. The number of hydrogen-bond acceptors (Lipinski definition) is 3. The molecule has 34 heavy (non-hydrogen) atoms. The number of nitrogens with zero attached hydrogens (tertiary/aromatic N) is 1. The first-order valence-corrected chi connectivity index (χ1v) is 11.5. The minimum atomic E-state index is -0.515. The molecule has 166 valence electrons. The molecular weight excluding hydrogens is 464 g/mol. The first-order valence-electron chi connectivity index (χ1n) is 10.7. The lowest BCUT2D eigenvalue weighted by Gasteiger charge is -2.29. The Kier molecular flexibility index (Phi) is 5.97. The Morgan fingerprint density at radius 1 is 0.824 bits per heavy atom. The van der Waals surface area contributed by atoms with Crippen molar-refractivity contribution >= 4 is 63.3 Å². The van der Waals surface area contributed by atoms with E-state index < -0.39 is 11.8 Å². The molecule has 5 rings (SSSR count). The molecule has 4 nitrogen and oxygen atoms in total. The molecule has 0 aliphatic carbocycles. The lowest BCUT2D eigenvalue weighted by molar-refractivity contribution is -0.122. The summed E-state index contributed by atoms with van der Waals surface area (Å²) in [5.41, 5.74) is 3.34. The van der Waals surface area contributed by atoms with Crippen LogP contribution in [0.25, 0.3) is 16.8 Å². The van der Waals surface area contributed by atoms with Gasteiger partial charge in [-0.3, -0.25) is 19.8 Å². The van der Waals surface area contributed by atoms with E-state index in [1.165, 1.54) is 4.90 Å². The van der Waals surface area contributed by atoms with Gasteiger partial charge in [-0.2, -0.15) is 0 Å². The maximum Gasteiger partial charge on any atom is 0.270 e. The van der Waals surface area contributed by atoms with Crippen LogP contribution >= 0.6 is 23.8 Å². The molecular formula is C28H19ClN2O2S. The van der Waals surface area contributed by atoms with Gasteiger partial charge in [-0.1, -0.05) is 84.4 Å². The van der Waals surface area contributed by atoms with Crippen molar-refractivity contribution in [1.29, 1.82) is 0 Å². The average Bonchev–Trinajstić information content (AvgIpc) is 2.84. The molecule has 4 aromatic carbocycles. The third-order valence-electron chi connectivity index (χ3n) is 5.80. The van der Waals surface area contributed by atoms with E-state index in [-0.39, 0.29) is 10.7 Å². The van der Waals surface area contributed by atoms with Gasteiger partial charge in [0.25, 0.3) is 11.8 Å². The zero-order valence-electron chi connectivity index (χ0n) is 18.0. The van der Waals surface area contributed by atoms with Crippen LogP contribution in [0.15, 0.2) is 96.6 Å². The summed E-state index contributed by atoms with van der Waals surface area (Å²) in [6.07, 6.45) is 2.23. The minimum Gasteiger partial charge on any atom is -0.298 e. The number of rotatable bonds is 4. The van der Waals surface area contributed by atoms with Crippen molar-refractivity contribution in [2.24, 2.45) is 0 Å². The Labute approximate surface area is 207 Å². The molecule has 0 aromatic heterocycles. The number of halogens is 1. The molecule has 0 radical (unpaired) electrons. The summed E-state index contributed by atoms with van der Waals surface area (Å²) < 4.78 is 0. The van der Waals surface area contributed by atoms with Crippen molar-refractivity contribution in [3.63, 3.8) is 0 Å². The van der Waals surface area contributed by atoms with Crippen LogP contribution < -0.4 is 10.2 Å². The molecule has 6 heteroatoms. The summed E-state index contributed by atoms with van der Waals surface area (Å²) in [6.45, 7) is 0. The zero-order valence-corrected chi connectivity index (χ0v) is 19.6. The summed E-state index contributed by atoms with van der Waals surface area (Å²) >= 11 is 11.7. The quantitative estimate of drug-likeness (QED) is 0.223. The van der Waals surface area contributed by atoms with E-state index in [0.29, 0.717) is 17.1 Å². The lowest BCUT2D eigenvalue weighted by atomic mass is 9.92. The first-order chi connectivity index (χ1) is 16.5. The zero-order chi connectivity index (χ0) is 23.7. The fourth-order valence-corrected chi connectivity index (χ4v) is 4.61. The van der Waals surface area contributed by atoms with Gasteiger partial charge in [0.2, 0.25) is 0 Å². The number of fused-ring (bicyclic) bond motifs is 1. The number of para-hydroxylation sites is 1. The van der Waals surface area contributed by atoms with Crippen LogP contribution in [0.4, 0.5) is 5.69 Å². The summed E-state index contributed by atoms with van der Waals surface area (Å²) in [7, 11) is 0. The van der Waals surface area contributed by atoms with Crippen LogP contribution in [0, 0.1) is 0 Å². The van der Waals surface area contributed by atoms with Gasteiger partial charge in [-0.15, -0.1) is 0 Å². The van der Waals surface area contributed by atoms with E-state index >= 15 is 0 Å². The van der Waals surface area contributed by atoms with Gasteiger partial charge in [-0.05, 0) is 70.4 Å². The Morgan fingerprint density at radius 2 is 1.53 bits per heavy atom. The SMILES string of the molecule is O=C1NC(=S)N(c2ccccc2)C(=O)/C1=C\c1c(Cc2ccccc2Cl)ccc2ccccc12. The number of anilines is 1. The number of nitrogens with one attached hydrogen (secondary N) is 1. The van der Waals surface area contributed by atoms with Crippen LogP contribution in [0.3, 0.4) is 0 Å². The molecule has 1 heterocycles. The predicted molar refractivity (Wildman–Crippen MR) is 141 cm³/mol. The van der Waals surface area contributed by atoms with E-state index in [2.05, 4.69) is 5.32 Å². The molecule has 0 unspecified atom stereocenters. The van der Waals surface area contributed by atoms with Gasteiger partial charge in [-0.25, -0.2) is 0 Å². The topological polar surface area (TPSA) is 49.4 Å². The highest BCUT2D eigenvalue weighted by Gasteiger charge is 2.34. The van der Waals surface area contributed by atoms with E-state index in [1.807, 2.05) is 78.9 Å². The first kappa shape index (κ1) is 22.0. The molecule has 1 N–H and O–H groups in total. The van der Waals surface area contributed by atoms with Crippen LogP contribution in [0.1, 0.15) is 16.7 Å². The van der Waals surface area contributed by atoms with Crippen molar-refractivity contribution in [2.75, 3.05) is 4.90 Å². The fraction of sp³-hybridized carbons (Fsp3) is 0.0357. The van der Waals surface area contributed by atoms with Crippen LogP contribution in [-0.2, 0) is 16.0 Å². The Bertz CT molecular complexity index is 1480. The average molecular weight is 483 g/mol. The van der Waals surface area contributed by atoms with Crippen molar-refractivity contribution < 1.29 is 9.59 Å². The van der Waals surface area contributed by atoms with Gasteiger partial charge in [0.15, 0.2) is 5.11 Å². The molecule has 0 atom stereocenters. The summed E-state index contributed by atoms with van der Waals surface area (Å²) in [4.78, 5) is 27.8. The molecule has 2 amide bonds. The highest BCUT2D eigenvalue weighted by molar-refractivity contribution is 7.80. The third kappa shape index (κ3) is 4.12. The van der Waals surface area contributed by atoms with Crippen molar-refractivity contribution in [3.8, 4) is 0 Å². The second-order valence-electron chi connectivity index (χ2n) is 7.92. The van der Waals surface area contributed by atoms with Gasteiger partial charge < -0.3 is 0 Å². The number of hydrogen-bond donors (Lipinski definition) is 1. The Morgan fingerprint density at radius 3 is 2.32 bits per heavy atom. The predicted octanol–water partition coefficient (Wildman–Crippen LogP) is 5.92. The van der Waals surface area contributed by atoms with Crippen LogP contribution in [0.5, 0.6) is 0 Å². The largest absolute Gasteiger partial charge is 0.298 e. The number of benzene rings is 4. The second-order valence-corrected chi connectivity index (χ2v) is 8.71. The molecule has 1 saturated heterocycles. The van der Waals surface area contributed by atoms with Crippen LogP contribution in [-0.4, -0.2) is 16.9 Å². The third-order valence-corrected chi connectivity index (χ3v) is 6.46. The highest BCUT2D eigenvalue weighted by Crippen LogP contribution is 2.30. The molecule has 0 saturated carbocycles. The van der Waals surface area contributed by atoms with E-state index in [4.69, 9.17) is 23.8 Å². The number of carbonyl (C=O) groups is 2. The van der Waals surface area contributed by atoms with Crippen molar-refractivity contribution in [3.05, 3.63) is 118 Å². The second kappa shape index (κ2) is 9.21.